The van der Waals surface area contributed by atoms with Gasteiger partial charge in [0.25, 0.3) is 0 Å². The van der Waals surface area contributed by atoms with Crippen molar-refractivity contribution in [2.75, 3.05) is 11.9 Å². The molecule has 0 bridgehead atoms. The highest BCUT2D eigenvalue weighted by Crippen LogP contribution is 2.48. The van der Waals surface area contributed by atoms with Gasteiger partial charge in [0.2, 0.25) is 0 Å². The number of hydrogen-bond donors (Lipinski definition) is 1. The minimum Gasteiger partial charge on any atom is -0.367 e. The molecular weight excluding hydrogens is 328 g/mol. The number of likely N-dealkylation sites (N-methyl/N-ethyl adjacent to an activating group) is 1. The van der Waals surface area contributed by atoms with Gasteiger partial charge >= 0.3 is 0 Å². The van der Waals surface area contributed by atoms with Crippen molar-refractivity contribution >= 4 is 38.3 Å². The maximum atomic E-state index is 3.70. The van der Waals surface area contributed by atoms with E-state index in [-0.39, 0.29) is 0 Å². The molecule has 2 aliphatic rings. The number of fused-ring (bicyclic) bond motifs is 9. The summed E-state index contributed by atoms with van der Waals surface area (Å²) in [4.78, 5) is 6.12. The maximum Gasteiger partial charge on any atom is 0.0577 e. The van der Waals surface area contributed by atoms with Crippen molar-refractivity contribution in [2.45, 2.75) is 25.8 Å². The van der Waals surface area contributed by atoms with Gasteiger partial charge in [-0.2, -0.15) is 0 Å². The number of anilines is 1. The Hall–Kier alpha value is -3.00. The predicted octanol–water partition coefficient (Wildman–Crippen LogP) is 6.53. The first kappa shape index (κ1) is 16.2. The van der Waals surface area contributed by atoms with Crippen LogP contribution in [-0.2, 0) is 0 Å². The summed E-state index contributed by atoms with van der Waals surface area (Å²) in [5.74, 6) is 0.430. The lowest BCUT2D eigenvalue weighted by atomic mass is 9.88. The molecule has 0 radical (unpaired) electrons. The lowest BCUT2D eigenvalue weighted by molar-refractivity contribution is 0.725. The molecule has 4 aromatic rings. The fraction of sp³-hybridized carbons (Fsp3) is 0.200. The van der Waals surface area contributed by atoms with Crippen LogP contribution in [0.4, 0.5) is 5.69 Å². The molecule has 0 amide bonds. The fourth-order valence-corrected chi connectivity index (χ4v) is 4.79. The molecular formula is C25H24N2. The summed E-state index contributed by atoms with van der Waals surface area (Å²) in [6, 6.07) is 18.1. The second kappa shape index (κ2) is 6.02. The first-order valence-electron chi connectivity index (χ1n) is 9.87. The van der Waals surface area contributed by atoms with E-state index < -0.39 is 0 Å². The first-order valence-corrected chi connectivity index (χ1v) is 9.87. The molecule has 3 aromatic carbocycles. The van der Waals surface area contributed by atoms with Gasteiger partial charge in [-0.25, -0.2) is 0 Å². The highest BCUT2D eigenvalue weighted by atomic mass is 15.2. The Morgan fingerprint density at radius 2 is 1.67 bits per heavy atom. The Morgan fingerprint density at radius 3 is 2.56 bits per heavy atom. The smallest absolute Gasteiger partial charge is 0.0577 e. The van der Waals surface area contributed by atoms with E-state index in [9.17, 15) is 0 Å². The number of aromatic nitrogens is 1. The zero-order valence-electron chi connectivity index (χ0n) is 16.0. The summed E-state index contributed by atoms with van der Waals surface area (Å²) in [5, 5.41) is 5.31. The maximum absolute atomic E-state index is 3.70. The number of nitrogens with one attached hydrogen (secondary N) is 1. The van der Waals surface area contributed by atoms with Crippen molar-refractivity contribution in [3.05, 3.63) is 78.4 Å². The van der Waals surface area contributed by atoms with Crippen molar-refractivity contribution in [1.82, 2.24) is 4.98 Å². The fourth-order valence-electron chi connectivity index (χ4n) is 4.79. The average Bonchev–Trinajstić information content (AvgIpc) is 3.26. The molecule has 1 N–H and O–H groups in total. The molecule has 27 heavy (non-hydrogen) atoms. The summed E-state index contributed by atoms with van der Waals surface area (Å²) in [5.41, 5.74) is 5.31. The van der Waals surface area contributed by atoms with Gasteiger partial charge in [0.15, 0.2) is 0 Å². The lowest BCUT2D eigenvalue weighted by Gasteiger charge is -2.23. The van der Waals surface area contributed by atoms with Crippen LogP contribution in [0.5, 0.6) is 0 Å². The van der Waals surface area contributed by atoms with Crippen molar-refractivity contribution in [1.29, 1.82) is 0 Å². The van der Waals surface area contributed by atoms with Gasteiger partial charge in [-0.1, -0.05) is 74.5 Å². The number of nitrogens with zero attached hydrogens (tertiary/aromatic N) is 1. The number of aromatic amines is 1. The van der Waals surface area contributed by atoms with Gasteiger partial charge in [-0.3, -0.25) is 0 Å². The van der Waals surface area contributed by atoms with Crippen molar-refractivity contribution < 1.29 is 0 Å². The normalized spacial score (nSPS) is 20.0. The first-order chi connectivity index (χ1) is 13.3. The van der Waals surface area contributed by atoms with Gasteiger partial charge in [-0.05, 0) is 23.1 Å². The number of H-pyrrole nitrogens is 1. The molecule has 2 atom stereocenters. The molecule has 2 heteroatoms. The Labute approximate surface area is 159 Å². The molecule has 134 valence electrons. The summed E-state index contributed by atoms with van der Waals surface area (Å²) in [6.07, 6.45) is 9.03. The monoisotopic (exact) mass is 352 g/mol. The van der Waals surface area contributed by atoms with Crippen molar-refractivity contribution in [2.24, 2.45) is 0 Å². The largest absolute Gasteiger partial charge is 0.367 e. The van der Waals surface area contributed by atoms with Crippen molar-refractivity contribution in [3.63, 3.8) is 0 Å². The Balaban J connectivity index is 0.000000777. The summed E-state index contributed by atoms with van der Waals surface area (Å²) >= 11 is 0. The molecule has 0 spiro atoms. The second-order valence-corrected chi connectivity index (χ2v) is 7.15. The van der Waals surface area contributed by atoms with Crippen molar-refractivity contribution in [3.8, 4) is 0 Å². The number of benzene rings is 3. The summed E-state index contributed by atoms with van der Waals surface area (Å²) < 4.78 is 0. The number of allylic oxidation sites excluding steroid dienone is 2. The van der Waals surface area contributed by atoms with Gasteiger partial charge in [0.1, 0.15) is 0 Å². The average molecular weight is 352 g/mol. The van der Waals surface area contributed by atoms with E-state index in [2.05, 4.69) is 89.8 Å². The van der Waals surface area contributed by atoms with Gasteiger partial charge < -0.3 is 9.88 Å². The van der Waals surface area contributed by atoms with Crippen LogP contribution < -0.4 is 4.90 Å². The molecule has 1 aliphatic carbocycles. The predicted molar refractivity (Wildman–Crippen MR) is 118 cm³/mol. The Morgan fingerprint density at radius 1 is 0.852 bits per heavy atom. The highest BCUT2D eigenvalue weighted by Gasteiger charge is 2.36. The third kappa shape index (κ3) is 2.13. The molecule has 2 unspecified atom stereocenters. The van der Waals surface area contributed by atoms with Crippen LogP contribution in [0, 0.1) is 0 Å². The van der Waals surface area contributed by atoms with E-state index in [0.717, 1.165) is 0 Å². The van der Waals surface area contributed by atoms with E-state index in [4.69, 9.17) is 0 Å². The van der Waals surface area contributed by atoms with E-state index in [0.29, 0.717) is 12.0 Å². The lowest BCUT2D eigenvalue weighted by Crippen LogP contribution is -2.28. The quantitative estimate of drug-likeness (QED) is 0.381. The minimum absolute atomic E-state index is 0.427. The number of hydrogen-bond acceptors (Lipinski definition) is 1. The van der Waals surface area contributed by atoms with Crippen LogP contribution in [0.2, 0.25) is 0 Å². The van der Waals surface area contributed by atoms with Crippen LogP contribution in [0.15, 0.2) is 72.8 Å². The van der Waals surface area contributed by atoms with Crippen LogP contribution in [0.3, 0.4) is 0 Å². The second-order valence-electron chi connectivity index (χ2n) is 7.15. The van der Waals surface area contributed by atoms with E-state index in [1.165, 1.54) is 43.8 Å². The summed E-state index contributed by atoms with van der Waals surface area (Å²) in [6.45, 7) is 4.00. The Kier molecular flexibility index (Phi) is 3.61. The summed E-state index contributed by atoms with van der Waals surface area (Å²) in [7, 11) is 2.21. The Bertz CT molecular complexity index is 1230. The highest BCUT2D eigenvalue weighted by molar-refractivity contribution is 6.19. The number of rotatable bonds is 0. The molecule has 6 rings (SSSR count). The van der Waals surface area contributed by atoms with Gasteiger partial charge in [0.05, 0.1) is 11.6 Å². The third-order valence-electron chi connectivity index (χ3n) is 5.95. The molecule has 2 nitrogen and oxygen atoms in total. The van der Waals surface area contributed by atoms with Crippen LogP contribution in [0.1, 0.15) is 25.3 Å². The van der Waals surface area contributed by atoms with Gasteiger partial charge in [0, 0.05) is 40.3 Å². The minimum atomic E-state index is 0.427. The molecule has 1 aliphatic heterocycles. The van der Waals surface area contributed by atoms with E-state index in [1.807, 2.05) is 13.8 Å². The molecule has 2 heterocycles. The molecule has 0 saturated heterocycles. The van der Waals surface area contributed by atoms with Crippen LogP contribution >= 0.6 is 0 Å². The van der Waals surface area contributed by atoms with Gasteiger partial charge in [-0.15, -0.1) is 0 Å². The van der Waals surface area contributed by atoms with Crippen LogP contribution in [0.25, 0.3) is 32.6 Å². The SMILES string of the molecule is CC.CN1c2ccc3[nH]c4c5ccccc5ccc4c3c2C2C=CC=CC21. The topological polar surface area (TPSA) is 19.0 Å². The zero-order chi connectivity index (χ0) is 18.5. The van der Waals surface area contributed by atoms with E-state index >= 15 is 0 Å². The molecule has 0 fully saturated rings. The third-order valence-corrected chi connectivity index (χ3v) is 5.95. The molecule has 1 aromatic heterocycles. The van der Waals surface area contributed by atoms with E-state index in [1.54, 1.807) is 0 Å². The standard InChI is InChI=1S/C23H18N2.C2H6/c1-25-19-9-5-4-8-16(19)22-20(25)13-12-18-21(22)17-11-10-14-6-2-3-7-15(14)23(17)24-18;1-2/h2-13,16,19,24H,1H3;1-2H3. The molecule has 0 saturated carbocycles. The zero-order valence-corrected chi connectivity index (χ0v) is 16.0. The van der Waals surface area contributed by atoms with Crippen LogP contribution in [-0.4, -0.2) is 18.1 Å².